The van der Waals surface area contributed by atoms with Crippen molar-refractivity contribution in [3.63, 3.8) is 0 Å². The summed E-state index contributed by atoms with van der Waals surface area (Å²) in [5, 5.41) is 13.2. The molecule has 15 heteroatoms. The number of hydrogen-bond donors (Lipinski definition) is 1. The zero-order valence-corrected chi connectivity index (χ0v) is 23.1. The molecule has 0 atom stereocenters. The first kappa shape index (κ1) is 30.0. The smallest absolute Gasteiger partial charge is 0.411 e. The van der Waals surface area contributed by atoms with E-state index >= 15 is 8.78 Å². The summed E-state index contributed by atoms with van der Waals surface area (Å²) in [7, 11) is -3.90. The molecule has 1 amide bonds. The van der Waals surface area contributed by atoms with Gasteiger partial charge in [0.2, 0.25) is 0 Å². The average Bonchev–Trinajstić information content (AvgIpc) is 3.38. The summed E-state index contributed by atoms with van der Waals surface area (Å²) >= 11 is 0. The third kappa shape index (κ3) is 6.05. The van der Waals surface area contributed by atoms with Gasteiger partial charge in [-0.25, -0.2) is 30.7 Å². The number of halogens is 3. The molecule has 0 saturated carbocycles. The molecule has 0 radical (unpaired) electrons. The lowest BCUT2D eigenvalue weighted by Gasteiger charge is -2.26. The lowest BCUT2D eigenvalue weighted by atomic mass is 10.0. The van der Waals surface area contributed by atoms with Crippen molar-refractivity contribution in [3.8, 4) is 22.4 Å². The van der Waals surface area contributed by atoms with Crippen LogP contribution in [-0.2, 0) is 26.1 Å². The van der Waals surface area contributed by atoms with Crippen molar-refractivity contribution in [3.05, 3.63) is 84.6 Å². The molecule has 42 heavy (non-hydrogen) atoms. The van der Waals surface area contributed by atoms with Gasteiger partial charge in [-0.1, -0.05) is 12.1 Å². The van der Waals surface area contributed by atoms with E-state index in [2.05, 4.69) is 10.1 Å². The standard InChI is InChI=1S/C27H24F3N5O6S/c1-3-34-14-18(17-10-12-31-13-11-17)26(32-34)24-20(29)8-9-21(25(24)30)35(16-41-27(38)33(2)15-23(36)37)42(39,40)22-7-5-4-6-19(22)28/h4-14H,3,15-16H2,1-2H3,(H,36,37). The van der Waals surface area contributed by atoms with Crippen LogP contribution in [0.5, 0.6) is 0 Å². The number of aliphatic carboxylic acids is 1. The number of amides is 1. The first-order valence-corrected chi connectivity index (χ1v) is 13.7. The number of carboxylic acid groups (broad SMARTS) is 1. The van der Waals surface area contributed by atoms with Gasteiger partial charge < -0.3 is 14.7 Å². The quantitative estimate of drug-likeness (QED) is 0.264. The van der Waals surface area contributed by atoms with E-state index in [1.807, 2.05) is 0 Å². The highest BCUT2D eigenvalue weighted by atomic mass is 32.2. The molecular formula is C27H24F3N5O6S. The number of anilines is 1. The Hall–Kier alpha value is -4.92. The number of hydrogen-bond acceptors (Lipinski definition) is 7. The van der Waals surface area contributed by atoms with Crippen molar-refractivity contribution in [2.45, 2.75) is 18.4 Å². The molecule has 0 spiro atoms. The Morgan fingerprint density at radius 1 is 1.02 bits per heavy atom. The number of aryl methyl sites for hydroxylation is 1. The summed E-state index contributed by atoms with van der Waals surface area (Å²) in [6.07, 6.45) is 3.24. The summed E-state index contributed by atoms with van der Waals surface area (Å²) in [6.45, 7) is 0.108. The van der Waals surface area contributed by atoms with Crippen molar-refractivity contribution in [1.82, 2.24) is 19.7 Å². The van der Waals surface area contributed by atoms with Crippen LogP contribution in [0.15, 0.2) is 72.0 Å². The minimum atomic E-state index is -4.98. The fraction of sp³-hybridized carbons (Fsp3) is 0.185. The molecule has 1 N–H and O–H groups in total. The van der Waals surface area contributed by atoms with E-state index in [1.54, 1.807) is 25.3 Å². The topological polar surface area (TPSA) is 135 Å². The average molecular weight is 604 g/mol. The SMILES string of the molecule is CCn1cc(-c2ccncc2)c(-c2c(F)ccc(N(COC(=O)N(C)CC(=O)O)S(=O)(=O)c3ccccc3F)c2F)n1. The number of ether oxygens (including phenoxy) is 1. The number of carboxylic acids is 1. The van der Waals surface area contributed by atoms with Gasteiger partial charge in [0.15, 0.2) is 12.5 Å². The molecule has 2 aromatic heterocycles. The normalized spacial score (nSPS) is 11.3. The summed E-state index contributed by atoms with van der Waals surface area (Å²) < 4.78 is 80.3. The minimum Gasteiger partial charge on any atom is -0.480 e. The van der Waals surface area contributed by atoms with Crippen LogP contribution in [0.2, 0.25) is 0 Å². The van der Waals surface area contributed by atoms with Crippen LogP contribution in [0.4, 0.5) is 23.7 Å². The Morgan fingerprint density at radius 3 is 2.36 bits per heavy atom. The molecule has 0 saturated heterocycles. The van der Waals surface area contributed by atoms with Gasteiger partial charge in [0.1, 0.15) is 28.8 Å². The molecular weight excluding hydrogens is 579 g/mol. The molecule has 0 aliphatic rings. The first-order valence-electron chi connectivity index (χ1n) is 12.3. The molecule has 11 nitrogen and oxygen atoms in total. The number of likely N-dealkylation sites (N-methyl/N-ethyl adjacent to an activating group) is 1. The Labute approximate surface area is 238 Å². The van der Waals surface area contributed by atoms with Crippen molar-refractivity contribution >= 4 is 27.8 Å². The summed E-state index contributed by atoms with van der Waals surface area (Å²) in [5.74, 6) is -5.02. The van der Waals surface area contributed by atoms with E-state index < -0.39 is 69.0 Å². The number of sulfonamides is 1. The minimum absolute atomic E-state index is 0.152. The van der Waals surface area contributed by atoms with Gasteiger partial charge in [0.25, 0.3) is 10.0 Å². The molecule has 0 unspecified atom stereocenters. The highest BCUT2D eigenvalue weighted by Gasteiger charge is 2.34. The number of nitrogens with zero attached hydrogens (tertiary/aromatic N) is 5. The van der Waals surface area contributed by atoms with Crippen LogP contribution >= 0.6 is 0 Å². The van der Waals surface area contributed by atoms with E-state index in [0.29, 0.717) is 22.6 Å². The highest BCUT2D eigenvalue weighted by Crippen LogP contribution is 2.39. The summed E-state index contributed by atoms with van der Waals surface area (Å²) in [5.41, 5.74) is -0.777. The fourth-order valence-electron chi connectivity index (χ4n) is 3.99. The van der Waals surface area contributed by atoms with E-state index in [4.69, 9.17) is 9.84 Å². The monoisotopic (exact) mass is 603 g/mol. The number of aromatic nitrogens is 3. The molecule has 4 aromatic rings. The fourth-order valence-corrected chi connectivity index (χ4v) is 5.39. The van der Waals surface area contributed by atoms with Crippen LogP contribution < -0.4 is 4.31 Å². The van der Waals surface area contributed by atoms with E-state index in [0.717, 1.165) is 31.3 Å². The third-order valence-electron chi connectivity index (χ3n) is 6.05. The number of carbonyl (C=O) groups excluding carboxylic acids is 1. The maximum Gasteiger partial charge on any atom is 0.411 e. The second kappa shape index (κ2) is 12.3. The Morgan fingerprint density at radius 2 is 1.71 bits per heavy atom. The first-order chi connectivity index (χ1) is 19.9. The Balaban J connectivity index is 1.88. The number of rotatable bonds is 10. The molecule has 2 aromatic carbocycles. The van der Waals surface area contributed by atoms with Crippen molar-refractivity contribution in [2.75, 3.05) is 24.6 Å². The number of carbonyl (C=O) groups is 2. The van der Waals surface area contributed by atoms with Crippen molar-refractivity contribution in [1.29, 1.82) is 0 Å². The van der Waals surface area contributed by atoms with Crippen molar-refractivity contribution in [2.24, 2.45) is 0 Å². The second-order valence-electron chi connectivity index (χ2n) is 8.81. The van der Waals surface area contributed by atoms with E-state index in [1.165, 1.54) is 29.2 Å². The van der Waals surface area contributed by atoms with Gasteiger partial charge >= 0.3 is 12.1 Å². The Bertz CT molecular complexity index is 1730. The van der Waals surface area contributed by atoms with Gasteiger partial charge in [0.05, 0.1) is 11.3 Å². The second-order valence-corrected chi connectivity index (χ2v) is 10.6. The zero-order chi connectivity index (χ0) is 30.6. The van der Waals surface area contributed by atoms with Crippen molar-refractivity contribution < 1.29 is 41.0 Å². The lowest BCUT2D eigenvalue weighted by Crippen LogP contribution is -2.39. The summed E-state index contributed by atoms with van der Waals surface area (Å²) in [4.78, 5) is 27.0. The lowest BCUT2D eigenvalue weighted by molar-refractivity contribution is -0.137. The zero-order valence-electron chi connectivity index (χ0n) is 22.2. The van der Waals surface area contributed by atoms with Crippen LogP contribution in [0.3, 0.4) is 0 Å². The van der Waals surface area contributed by atoms with Crippen LogP contribution in [-0.4, -0.2) is 65.6 Å². The molecule has 0 aliphatic heterocycles. The maximum absolute atomic E-state index is 16.3. The van der Waals surface area contributed by atoms with Gasteiger partial charge in [-0.15, -0.1) is 0 Å². The predicted molar refractivity (Wildman–Crippen MR) is 144 cm³/mol. The van der Waals surface area contributed by atoms with Gasteiger partial charge in [-0.2, -0.15) is 5.10 Å². The highest BCUT2D eigenvalue weighted by molar-refractivity contribution is 7.92. The number of benzene rings is 2. The Kier molecular flexibility index (Phi) is 8.80. The van der Waals surface area contributed by atoms with E-state index in [-0.39, 0.29) is 10.00 Å². The van der Waals surface area contributed by atoms with Crippen LogP contribution in [0.25, 0.3) is 22.4 Å². The molecule has 220 valence electrons. The largest absolute Gasteiger partial charge is 0.480 e. The number of pyridine rings is 1. The molecule has 4 rings (SSSR count). The van der Waals surface area contributed by atoms with Gasteiger partial charge in [-0.3, -0.25) is 14.5 Å². The predicted octanol–water partition coefficient (Wildman–Crippen LogP) is 4.36. The van der Waals surface area contributed by atoms with Crippen LogP contribution in [0.1, 0.15) is 6.92 Å². The van der Waals surface area contributed by atoms with E-state index in [9.17, 15) is 22.4 Å². The molecule has 0 bridgehead atoms. The molecule has 0 aliphatic carbocycles. The molecule has 0 fully saturated rings. The van der Waals surface area contributed by atoms with Gasteiger partial charge in [-0.05, 0) is 48.9 Å². The van der Waals surface area contributed by atoms with Crippen LogP contribution in [0, 0.1) is 17.5 Å². The third-order valence-corrected chi connectivity index (χ3v) is 7.82. The summed E-state index contributed by atoms with van der Waals surface area (Å²) in [6, 6.07) is 9.05. The maximum atomic E-state index is 16.3. The molecule has 2 heterocycles. The van der Waals surface area contributed by atoms with Gasteiger partial charge in [0, 0.05) is 37.7 Å².